The lowest BCUT2D eigenvalue weighted by Crippen LogP contribution is -2.43. The standard InChI is InChI=1S/C11H14N2O3/c12-9(6-7-14)11(16)13-10(15)8-4-2-1-3-5-8/h1-5,9,14H,6-7,12H2,(H,13,15,16)/t9-/m0/s1. The molecule has 5 heteroatoms. The zero-order valence-corrected chi connectivity index (χ0v) is 8.72. The first-order valence-corrected chi connectivity index (χ1v) is 4.92. The first kappa shape index (κ1) is 12.4. The van der Waals surface area contributed by atoms with Crippen molar-refractivity contribution in [2.45, 2.75) is 12.5 Å². The molecular formula is C11H14N2O3. The molecule has 0 spiro atoms. The molecule has 0 aliphatic carbocycles. The molecule has 1 atom stereocenters. The van der Waals surface area contributed by atoms with Crippen molar-refractivity contribution >= 4 is 11.8 Å². The predicted octanol–water partition coefficient (Wildman–Crippen LogP) is -0.347. The van der Waals surface area contributed by atoms with Crippen LogP contribution in [0.4, 0.5) is 0 Å². The van der Waals surface area contributed by atoms with Crippen LogP contribution in [-0.4, -0.2) is 29.6 Å². The minimum Gasteiger partial charge on any atom is -0.396 e. The lowest BCUT2D eigenvalue weighted by atomic mass is 10.2. The fourth-order valence-corrected chi connectivity index (χ4v) is 1.14. The highest BCUT2D eigenvalue weighted by Crippen LogP contribution is 1.98. The molecule has 0 aliphatic rings. The SMILES string of the molecule is N[C@@H](CCO)C(=O)NC(=O)c1ccccc1. The molecule has 0 saturated carbocycles. The van der Waals surface area contributed by atoms with Gasteiger partial charge in [0.15, 0.2) is 0 Å². The highest BCUT2D eigenvalue weighted by Gasteiger charge is 2.16. The number of carbonyl (C=O) groups excluding carboxylic acids is 2. The van der Waals surface area contributed by atoms with Crippen LogP contribution in [0.15, 0.2) is 30.3 Å². The van der Waals surface area contributed by atoms with E-state index in [2.05, 4.69) is 5.32 Å². The summed E-state index contributed by atoms with van der Waals surface area (Å²) in [7, 11) is 0. The van der Waals surface area contributed by atoms with E-state index in [-0.39, 0.29) is 13.0 Å². The predicted molar refractivity (Wildman–Crippen MR) is 58.6 cm³/mol. The van der Waals surface area contributed by atoms with Crippen LogP contribution in [0.5, 0.6) is 0 Å². The number of amides is 2. The Kier molecular flexibility index (Phi) is 4.63. The lowest BCUT2D eigenvalue weighted by molar-refractivity contribution is -0.121. The van der Waals surface area contributed by atoms with Crippen molar-refractivity contribution in [1.29, 1.82) is 0 Å². The van der Waals surface area contributed by atoms with Crippen molar-refractivity contribution in [3.05, 3.63) is 35.9 Å². The number of rotatable bonds is 4. The number of benzene rings is 1. The summed E-state index contributed by atoms with van der Waals surface area (Å²) in [5.74, 6) is -1.07. The maximum atomic E-state index is 11.5. The summed E-state index contributed by atoms with van der Waals surface area (Å²) in [6.07, 6.45) is 0.133. The zero-order valence-electron chi connectivity index (χ0n) is 8.72. The van der Waals surface area contributed by atoms with Gasteiger partial charge in [-0.3, -0.25) is 14.9 Å². The zero-order chi connectivity index (χ0) is 12.0. The van der Waals surface area contributed by atoms with Gasteiger partial charge in [0, 0.05) is 12.2 Å². The maximum absolute atomic E-state index is 11.5. The number of aliphatic hydroxyl groups is 1. The Morgan fingerprint density at radius 1 is 1.31 bits per heavy atom. The number of hydrogen-bond donors (Lipinski definition) is 3. The van der Waals surface area contributed by atoms with E-state index in [1.807, 2.05) is 0 Å². The molecule has 4 N–H and O–H groups in total. The topological polar surface area (TPSA) is 92.4 Å². The van der Waals surface area contributed by atoms with Crippen molar-refractivity contribution in [3.63, 3.8) is 0 Å². The molecule has 0 aromatic heterocycles. The molecule has 0 bridgehead atoms. The third-order valence-corrected chi connectivity index (χ3v) is 2.05. The summed E-state index contributed by atoms with van der Waals surface area (Å²) in [5, 5.41) is 10.8. The minimum absolute atomic E-state index is 0.133. The van der Waals surface area contributed by atoms with Gasteiger partial charge in [-0.05, 0) is 18.6 Å². The Labute approximate surface area is 93.3 Å². The van der Waals surface area contributed by atoms with Gasteiger partial charge in [0.2, 0.25) is 5.91 Å². The molecule has 5 nitrogen and oxygen atoms in total. The van der Waals surface area contributed by atoms with Crippen molar-refractivity contribution in [1.82, 2.24) is 5.32 Å². The lowest BCUT2D eigenvalue weighted by Gasteiger charge is -2.09. The summed E-state index contributed by atoms with van der Waals surface area (Å²) in [6, 6.07) is 7.51. The van der Waals surface area contributed by atoms with Crippen LogP contribution in [0.1, 0.15) is 16.8 Å². The highest BCUT2D eigenvalue weighted by molar-refractivity contribution is 6.05. The van der Waals surface area contributed by atoms with Crippen LogP contribution in [0.2, 0.25) is 0 Å². The Balaban J connectivity index is 2.55. The number of aliphatic hydroxyl groups excluding tert-OH is 1. The van der Waals surface area contributed by atoms with E-state index in [9.17, 15) is 9.59 Å². The molecule has 86 valence electrons. The molecular weight excluding hydrogens is 208 g/mol. The number of imide groups is 1. The summed E-state index contributed by atoms with van der Waals surface area (Å²) in [6.45, 7) is -0.186. The third-order valence-electron chi connectivity index (χ3n) is 2.05. The first-order valence-electron chi connectivity index (χ1n) is 4.92. The first-order chi connectivity index (χ1) is 7.65. The summed E-state index contributed by atoms with van der Waals surface area (Å²) in [4.78, 5) is 22.9. The maximum Gasteiger partial charge on any atom is 0.257 e. The van der Waals surface area contributed by atoms with Crippen LogP contribution in [-0.2, 0) is 4.79 Å². The normalized spacial score (nSPS) is 11.9. The summed E-state index contributed by atoms with van der Waals surface area (Å²) < 4.78 is 0. The van der Waals surface area contributed by atoms with Crippen LogP contribution >= 0.6 is 0 Å². The molecule has 0 unspecified atom stereocenters. The van der Waals surface area contributed by atoms with Crippen LogP contribution < -0.4 is 11.1 Å². The highest BCUT2D eigenvalue weighted by atomic mass is 16.3. The van der Waals surface area contributed by atoms with Crippen LogP contribution in [0.25, 0.3) is 0 Å². The Morgan fingerprint density at radius 2 is 1.94 bits per heavy atom. The second kappa shape index (κ2) is 5.99. The van der Waals surface area contributed by atoms with Gasteiger partial charge in [0.25, 0.3) is 5.91 Å². The van der Waals surface area contributed by atoms with Crippen molar-refractivity contribution in [3.8, 4) is 0 Å². The van der Waals surface area contributed by atoms with E-state index in [1.54, 1.807) is 30.3 Å². The molecule has 0 fully saturated rings. The van der Waals surface area contributed by atoms with Gasteiger partial charge in [-0.1, -0.05) is 18.2 Å². The smallest absolute Gasteiger partial charge is 0.257 e. The van der Waals surface area contributed by atoms with Gasteiger partial charge in [0.1, 0.15) is 0 Å². The van der Waals surface area contributed by atoms with E-state index >= 15 is 0 Å². The minimum atomic E-state index is -0.863. The number of nitrogens with one attached hydrogen (secondary N) is 1. The molecule has 16 heavy (non-hydrogen) atoms. The monoisotopic (exact) mass is 222 g/mol. The average molecular weight is 222 g/mol. The van der Waals surface area contributed by atoms with Crippen molar-refractivity contribution in [2.24, 2.45) is 5.73 Å². The Hall–Kier alpha value is -1.72. The van der Waals surface area contributed by atoms with Gasteiger partial charge in [-0.25, -0.2) is 0 Å². The Morgan fingerprint density at radius 3 is 2.50 bits per heavy atom. The van der Waals surface area contributed by atoms with Crippen LogP contribution in [0.3, 0.4) is 0 Å². The van der Waals surface area contributed by atoms with Gasteiger partial charge in [0.05, 0.1) is 6.04 Å². The van der Waals surface area contributed by atoms with E-state index in [0.29, 0.717) is 5.56 Å². The van der Waals surface area contributed by atoms with Gasteiger partial charge in [-0.2, -0.15) is 0 Å². The molecule has 0 saturated heterocycles. The molecule has 1 aromatic rings. The summed E-state index contributed by atoms with van der Waals surface area (Å²) >= 11 is 0. The largest absolute Gasteiger partial charge is 0.396 e. The molecule has 2 amide bonds. The second-order valence-corrected chi connectivity index (χ2v) is 3.30. The van der Waals surface area contributed by atoms with Crippen molar-refractivity contribution < 1.29 is 14.7 Å². The molecule has 1 rings (SSSR count). The van der Waals surface area contributed by atoms with Crippen LogP contribution in [0, 0.1) is 0 Å². The van der Waals surface area contributed by atoms with Gasteiger partial charge >= 0.3 is 0 Å². The molecule has 1 aromatic carbocycles. The number of hydrogen-bond acceptors (Lipinski definition) is 4. The number of nitrogens with two attached hydrogens (primary N) is 1. The van der Waals surface area contributed by atoms with Crippen molar-refractivity contribution in [2.75, 3.05) is 6.61 Å². The summed E-state index contributed by atoms with van der Waals surface area (Å²) in [5.41, 5.74) is 5.83. The van der Waals surface area contributed by atoms with Gasteiger partial charge < -0.3 is 10.8 Å². The second-order valence-electron chi connectivity index (χ2n) is 3.30. The molecule has 0 radical (unpaired) electrons. The Bertz CT molecular complexity index is 365. The van der Waals surface area contributed by atoms with E-state index in [1.165, 1.54) is 0 Å². The third kappa shape index (κ3) is 3.45. The van der Waals surface area contributed by atoms with Gasteiger partial charge in [-0.15, -0.1) is 0 Å². The molecule has 0 heterocycles. The van der Waals surface area contributed by atoms with E-state index < -0.39 is 17.9 Å². The quantitative estimate of drug-likeness (QED) is 0.649. The fourth-order valence-electron chi connectivity index (χ4n) is 1.14. The average Bonchev–Trinajstić information content (AvgIpc) is 2.30. The molecule has 0 aliphatic heterocycles. The van der Waals surface area contributed by atoms with E-state index in [0.717, 1.165) is 0 Å². The fraction of sp³-hybridized carbons (Fsp3) is 0.273. The van der Waals surface area contributed by atoms with E-state index in [4.69, 9.17) is 10.8 Å². The number of carbonyl (C=O) groups is 2.